The van der Waals surface area contributed by atoms with Crippen molar-refractivity contribution in [1.29, 1.82) is 0 Å². The Morgan fingerprint density at radius 2 is 1.91 bits per heavy atom. The Bertz CT molecular complexity index is 1060. The van der Waals surface area contributed by atoms with Crippen molar-refractivity contribution in [2.24, 2.45) is 0 Å². The predicted molar refractivity (Wildman–Crippen MR) is 122 cm³/mol. The predicted octanol–water partition coefficient (Wildman–Crippen LogP) is 3.77. The minimum Gasteiger partial charge on any atom is -0.452 e. The summed E-state index contributed by atoms with van der Waals surface area (Å²) in [4.78, 5) is 26.6. The van der Waals surface area contributed by atoms with Crippen LogP contribution in [0.1, 0.15) is 48.5 Å². The van der Waals surface area contributed by atoms with E-state index in [9.17, 15) is 18.0 Å². The van der Waals surface area contributed by atoms with Crippen molar-refractivity contribution in [3.05, 3.63) is 64.7 Å². The van der Waals surface area contributed by atoms with E-state index in [0.717, 1.165) is 37.3 Å². The van der Waals surface area contributed by atoms with Crippen LogP contribution in [0.4, 0.5) is 0 Å². The third-order valence-corrected chi connectivity index (χ3v) is 7.39. The molecule has 0 aliphatic carbocycles. The zero-order valence-corrected chi connectivity index (χ0v) is 19.5. The van der Waals surface area contributed by atoms with E-state index in [1.54, 1.807) is 29.2 Å². The number of hydrogen-bond acceptors (Lipinski definition) is 5. The van der Waals surface area contributed by atoms with Crippen LogP contribution in [0.15, 0.2) is 53.4 Å². The molecule has 1 unspecified atom stereocenters. The van der Waals surface area contributed by atoms with E-state index in [4.69, 9.17) is 16.3 Å². The number of nitrogens with one attached hydrogen (secondary N) is 1. The number of carbonyl (C=O) groups excluding carboxylic acids is 2. The van der Waals surface area contributed by atoms with Gasteiger partial charge in [-0.1, -0.05) is 48.9 Å². The fourth-order valence-electron chi connectivity index (χ4n) is 3.74. The van der Waals surface area contributed by atoms with Crippen LogP contribution in [0.5, 0.6) is 0 Å². The van der Waals surface area contributed by atoms with Crippen LogP contribution in [-0.2, 0) is 26.1 Å². The molecule has 1 fully saturated rings. The summed E-state index contributed by atoms with van der Waals surface area (Å²) in [5.41, 5.74) is 0.789. The third kappa shape index (κ3) is 6.09. The van der Waals surface area contributed by atoms with E-state index in [1.165, 1.54) is 12.1 Å². The number of hydrogen-bond donors (Lipinski definition) is 1. The van der Waals surface area contributed by atoms with Crippen LogP contribution in [0, 0.1) is 0 Å². The van der Waals surface area contributed by atoms with E-state index in [0.29, 0.717) is 6.54 Å². The molecule has 2 aromatic rings. The molecular weight excluding hydrogens is 452 g/mol. The first kappa shape index (κ1) is 24.2. The molecule has 0 spiro atoms. The Hall–Kier alpha value is -2.42. The van der Waals surface area contributed by atoms with Gasteiger partial charge in [0.15, 0.2) is 6.61 Å². The van der Waals surface area contributed by atoms with Crippen LogP contribution >= 0.6 is 11.6 Å². The number of sulfonamides is 1. The van der Waals surface area contributed by atoms with Crippen LogP contribution in [-0.4, -0.2) is 44.4 Å². The fourth-order valence-corrected chi connectivity index (χ4v) is 5.28. The Balaban J connectivity index is 1.66. The number of halogens is 1. The molecule has 3 rings (SSSR count). The lowest BCUT2D eigenvalue weighted by molar-refractivity contribution is -0.138. The minimum absolute atomic E-state index is 0.00738. The quantitative estimate of drug-likeness (QED) is 0.583. The zero-order chi connectivity index (χ0) is 23.1. The van der Waals surface area contributed by atoms with Gasteiger partial charge in [-0.05, 0) is 49.4 Å². The first-order valence-electron chi connectivity index (χ1n) is 10.6. The normalized spacial score (nSPS) is 16.6. The van der Waals surface area contributed by atoms with Crippen molar-refractivity contribution >= 4 is 33.5 Å². The molecule has 7 nitrogen and oxygen atoms in total. The van der Waals surface area contributed by atoms with Crippen molar-refractivity contribution in [1.82, 2.24) is 9.62 Å². The van der Waals surface area contributed by atoms with Gasteiger partial charge in [0, 0.05) is 19.1 Å². The molecule has 0 saturated carbocycles. The maximum Gasteiger partial charge on any atom is 0.338 e. The van der Waals surface area contributed by atoms with Gasteiger partial charge in [0.25, 0.3) is 5.91 Å². The fraction of sp³-hybridized carbons (Fsp3) is 0.391. The van der Waals surface area contributed by atoms with Gasteiger partial charge in [-0.2, -0.15) is 0 Å². The van der Waals surface area contributed by atoms with E-state index in [2.05, 4.69) is 4.72 Å². The second-order valence-electron chi connectivity index (χ2n) is 7.68. The highest BCUT2D eigenvalue weighted by Crippen LogP contribution is 2.24. The highest BCUT2D eigenvalue weighted by atomic mass is 35.5. The Morgan fingerprint density at radius 1 is 1.16 bits per heavy atom. The van der Waals surface area contributed by atoms with Crippen molar-refractivity contribution in [3.63, 3.8) is 0 Å². The maximum absolute atomic E-state index is 12.7. The van der Waals surface area contributed by atoms with Gasteiger partial charge in [-0.25, -0.2) is 17.9 Å². The zero-order valence-electron chi connectivity index (χ0n) is 17.9. The van der Waals surface area contributed by atoms with Crippen LogP contribution in [0.2, 0.25) is 5.02 Å². The highest BCUT2D eigenvalue weighted by molar-refractivity contribution is 7.89. The summed E-state index contributed by atoms with van der Waals surface area (Å²) >= 11 is 6.10. The summed E-state index contributed by atoms with van der Waals surface area (Å²) in [6.07, 6.45) is 3.83. The Morgan fingerprint density at radius 3 is 2.62 bits per heavy atom. The number of ether oxygens (including phenoxy) is 1. The molecule has 2 aromatic carbocycles. The number of amides is 1. The monoisotopic (exact) mass is 478 g/mol. The van der Waals surface area contributed by atoms with Crippen LogP contribution < -0.4 is 4.72 Å². The number of esters is 1. The summed E-state index contributed by atoms with van der Waals surface area (Å²) in [5.74, 6) is -1.02. The number of piperidine rings is 1. The molecule has 1 atom stereocenters. The van der Waals surface area contributed by atoms with Gasteiger partial charge in [-0.15, -0.1) is 0 Å². The summed E-state index contributed by atoms with van der Waals surface area (Å²) in [6, 6.07) is 13.1. The molecular formula is C23H27ClN2O5S. The molecule has 1 aliphatic rings. The van der Waals surface area contributed by atoms with Gasteiger partial charge in [0.1, 0.15) is 4.90 Å². The average molecular weight is 479 g/mol. The summed E-state index contributed by atoms with van der Waals surface area (Å²) < 4.78 is 33.1. The van der Waals surface area contributed by atoms with Crippen molar-refractivity contribution < 1.29 is 22.7 Å². The second kappa shape index (κ2) is 10.9. The molecule has 9 heteroatoms. The van der Waals surface area contributed by atoms with E-state index < -0.39 is 16.0 Å². The van der Waals surface area contributed by atoms with E-state index in [1.807, 2.05) is 13.0 Å². The first-order valence-corrected chi connectivity index (χ1v) is 12.5. The van der Waals surface area contributed by atoms with Crippen LogP contribution in [0.3, 0.4) is 0 Å². The van der Waals surface area contributed by atoms with E-state index >= 15 is 0 Å². The van der Waals surface area contributed by atoms with Gasteiger partial charge in [-0.3, -0.25) is 4.79 Å². The number of benzene rings is 2. The third-order valence-electron chi connectivity index (χ3n) is 5.51. The molecule has 172 valence electrons. The molecule has 0 radical (unpaired) electrons. The molecule has 1 saturated heterocycles. The summed E-state index contributed by atoms with van der Waals surface area (Å²) in [7, 11) is -3.97. The van der Waals surface area contributed by atoms with Gasteiger partial charge < -0.3 is 9.64 Å². The number of rotatable bonds is 8. The second-order valence-corrected chi connectivity index (χ2v) is 9.82. The molecule has 1 amide bonds. The average Bonchev–Trinajstić information content (AvgIpc) is 2.81. The summed E-state index contributed by atoms with van der Waals surface area (Å²) in [5, 5.41) is -0.0164. The maximum atomic E-state index is 12.7. The lowest BCUT2D eigenvalue weighted by Crippen LogP contribution is -2.45. The molecule has 32 heavy (non-hydrogen) atoms. The first-order chi connectivity index (χ1) is 15.3. The summed E-state index contributed by atoms with van der Waals surface area (Å²) in [6.45, 7) is 2.39. The number of likely N-dealkylation sites (tertiary alicyclic amines) is 1. The molecule has 1 aliphatic heterocycles. The lowest BCUT2D eigenvalue weighted by atomic mass is 10.00. The SMILES string of the molecule is CCC1CCCCN1C(=O)COC(=O)c1ccc(Cl)c(S(=O)(=O)NCc2ccccc2)c1. The topological polar surface area (TPSA) is 92.8 Å². The smallest absolute Gasteiger partial charge is 0.338 e. The molecule has 1 N–H and O–H groups in total. The van der Waals surface area contributed by atoms with Gasteiger partial charge in [0.05, 0.1) is 10.6 Å². The van der Waals surface area contributed by atoms with Gasteiger partial charge >= 0.3 is 5.97 Å². The molecule has 1 heterocycles. The number of nitrogens with zero attached hydrogens (tertiary/aromatic N) is 1. The minimum atomic E-state index is -3.97. The Kier molecular flexibility index (Phi) is 8.28. The number of carbonyl (C=O) groups is 2. The van der Waals surface area contributed by atoms with Crippen molar-refractivity contribution in [2.75, 3.05) is 13.2 Å². The molecule has 0 aromatic heterocycles. The lowest BCUT2D eigenvalue weighted by Gasteiger charge is -2.35. The van der Waals surface area contributed by atoms with E-state index in [-0.39, 0.29) is 40.6 Å². The van der Waals surface area contributed by atoms with Gasteiger partial charge in [0.2, 0.25) is 10.0 Å². The van der Waals surface area contributed by atoms with Crippen molar-refractivity contribution in [3.8, 4) is 0 Å². The highest BCUT2D eigenvalue weighted by Gasteiger charge is 2.26. The standard InChI is InChI=1S/C23H27ClN2O5S/c1-2-19-10-6-7-13-26(19)22(27)16-31-23(28)18-11-12-20(24)21(14-18)32(29,30)25-15-17-8-4-3-5-9-17/h3-5,8-9,11-12,14,19,25H,2,6-7,10,13,15-16H2,1H3. The molecule has 0 bridgehead atoms. The van der Waals surface area contributed by atoms with Crippen molar-refractivity contribution in [2.45, 2.75) is 50.1 Å². The largest absolute Gasteiger partial charge is 0.452 e. The Labute approximate surface area is 193 Å². The van der Waals surface area contributed by atoms with Crippen LogP contribution in [0.25, 0.3) is 0 Å².